The predicted molar refractivity (Wildman–Crippen MR) is 169 cm³/mol. The van der Waals surface area contributed by atoms with Crippen molar-refractivity contribution < 1.29 is 13.2 Å². The molecule has 2 N–H and O–H groups in total. The number of nitrogens with zero attached hydrogens (tertiary/aromatic N) is 2. The molecule has 2 aliphatic rings. The highest BCUT2D eigenvalue weighted by Crippen LogP contribution is 2.53. The van der Waals surface area contributed by atoms with Crippen LogP contribution in [0.2, 0.25) is 5.02 Å². The van der Waals surface area contributed by atoms with E-state index < -0.39 is 10.0 Å². The summed E-state index contributed by atoms with van der Waals surface area (Å²) in [5.41, 5.74) is 4.27. The topological polar surface area (TPSA) is 93.2 Å². The summed E-state index contributed by atoms with van der Waals surface area (Å²) >= 11 is 6.18. The first-order valence-electron chi connectivity index (χ1n) is 12.6. The molecule has 0 spiro atoms. The van der Waals surface area contributed by atoms with Crippen molar-refractivity contribution >= 4 is 64.5 Å². The summed E-state index contributed by atoms with van der Waals surface area (Å²) < 4.78 is 33.7. The fourth-order valence-corrected chi connectivity index (χ4v) is 6.64. The Kier molecular flexibility index (Phi) is 10.9. The molecule has 1 aliphatic heterocycles. The molecule has 218 valence electrons. The molecule has 0 saturated heterocycles. The van der Waals surface area contributed by atoms with Crippen molar-refractivity contribution in [3.8, 4) is 11.6 Å². The van der Waals surface area contributed by atoms with Gasteiger partial charge in [0, 0.05) is 34.9 Å². The van der Waals surface area contributed by atoms with Crippen LogP contribution in [0, 0.1) is 0 Å². The normalized spacial score (nSPS) is 16.9. The number of hydrogen-bond donors (Lipinski definition) is 2. The maximum Gasteiger partial charge on any atom is 0.263 e. The molecule has 4 aromatic rings. The highest BCUT2D eigenvalue weighted by molar-refractivity contribution is 7.92. The number of pyridine rings is 2. The van der Waals surface area contributed by atoms with Gasteiger partial charge in [-0.25, -0.2) is 13.4 Å². The minimum absolute atomic E-state index is 0. The Bertz CT molecular complexity index is 1550. The largest absolute Gasteiger partial charge is 0.439 e. The minimum Gasteiger partial charge on any atom is -0.439 e. The summed E-state index contributed by atoms with van der Waals surface area (Å²) in [6.07, 6.45) is 8.67. The Balaban J connectivity index is 0.00000154. The summed E-state index contributed by atoms with van der Waals surface area (Å²) in [5, 5.41) is 4.54. The van der Waals surface area contributed by atoms with Crippen LogP contribution < -0.4 is 14.8 Å². The van der Waals surface area contributed by atoms with Crippen LogP contribution in [0.25, 0.3) is 0 Å². The second kappa shape index (κ2) is 13.6. The van der Waals surface area contributed by atoms with Gasteiger partial charge in [0.2, 0.25) is 5.88 Å². The van der Waals surface area contributed by atoms with Crippen molar-refractivity contribution in [1.29, 1.82) is 0 Å². The third kappa shape index (κ3) is 6.74. The molecule has 1 fully saturated rings. The van der Waals surface area contributed by atoms with E-state index in [1.165, 1.54) is 47.8 Å². The number of halogens is 4. The molecular weight excluding hydrogens is 626 g/mol. The van der Waals surface area contributed by atoms with E-state index in [4.69, 9.17) is 16.3 Å². The van der Waals surface area contributed by atoms with E-state index in [-0.39, 0.29) is 53.6 Å². The van der Waals surface area contributed by atoms with Crippen LogP contribution in [0.4, 0.5) is 5.69 Å². The third-order valence-electron chi connectivity index (χ3n) is 7.54. The number of hydrogen-bond acceptors (Lipinski definition) is 6. The first-order valence-corrected chi connectivity index (χ1v) is 14.5. The van der Waals surface area contributed by atoms with E-state index in [0.717, 1.165) is 30.8 Å². The maximum atomic E-state index is 12.6. The summed E-state index contributed by atoms with van der Waals surface area (Å²) in [6, 6.07) is 21.0. The van der Waals surface area contributed by atoms with Crippen LogP contribution in [-0.4, -0.2) is 24.9 Å². The van der Waals surface area contributed by atoms with Gasteiger partial charge in [-0.2, -0.15) is 0 Å². The van der Waals surface area contributed by atoms with Crippen LogP contribution in [0.3, 0.4) is 0 Å². The highest BCUT2D eigenvalue weighted by atomic mass is 35.5. The molecule has 1 aliphatic carbocycles. The molecule has 1 unspecified atom stereocenters. The second-order valence-corrected chi connectivity index (χ2v) is 11.9. The molecule has 12 heteroatoms. The minimum atomic E-state index is -3.75. The average Bonchev–Trinajstić information content (AvgIpc) is 2.91. The number of nitrogens with one attached hydrogen (secondary N) is 2. The number of anilines is 1. The zero-order chi connectivity index (χ0) is 26.2. The number of benzene rings is 2. The first-order chi connectivity index (χ1) is 18.4. The molecule has 0 amide bonds. The SMILES string of the molecule is Cl.Cl.Cl.O=S(=O)(Nc1ccc(Oc2ccc3c(c2)C(C2(c4ccc(Cl)cc4)CCC2)NCC3)nc1)c1cccnc1. The van der Waals surface area contributed by atoms with E-state index in [2.05, 4.69) is 44.3 Å². The van der Waals surface area contributed by atoms with Gasteiger partial charge in [0.1, 0.15) is 10.6 Å². The molecule has 41 heavy (non-hydrogen) atoms. The average molecular weight is 656 g/mol. The Morgan fingerprint density at radius 1 is 0.976 bits per heavy atom. The predicted octanol–water partition coefficient (Wildman–Crippen LogP) is 7.30. The number of fused-ring (bicyclic) bond motifs is 1. The molecule has 2 aromatic carbocycles. The fraction of sp³-hybridized carbons (Fsp3) is 0.241. The summed E-state index contributed by atoms with van der Waals surface area (Å²) in [5.74, 6) is 1.07. The lowest BCUT2D eigenvalue weighted by Crippen LogP contribution is -2.49. The van der Waals surface area contributed by atoms with E-state index in [1.54, 1.807) is 18.2 Å². The Morgan fingerprint density at radius 3 is 2.39 bits per heavy atom. The van der Waals surface area contributed by atoms with Gasteiger partial charge in [0.15, 0.2) is 0 Å². The number of ether oxygens (including phenoxy) is 1. The van der Waals surface area contributed by atoms with Crippen molar-refractivity contribution in [3.63, 3.8) is 0 Å². The van der Waals surface area contributed by atoms with Crippen LogP contribution >= 0.6 is 48.8 Å². The Hall–Kier alpha value is -2.59. The van der Waals surface area contributed by atoms with Gasteiger partial charge in [0.25, 0.3) is 10.0 Å². The monoisotopic (exact) mass is 654 g/mol. The molecule has 1 saturated carbocycles. The molecule has 3 heterocycles. The number of sulfonamides is 1. The quantitative estimate of drug-likeness (QED) is 0.217. The second-order valence-electron chi connectivity index (χ2n) is 9.80. The van der Waals surface area contributed by atoms with Crippen LogP contribution in [0.5, 0.6) is 11.6 Å². The van der Waals surface area contributed by atoms with Crippen molar-refractivity contribution in [2.75, 3.05) is 11.3 Å². The van der Waals surface area contributed by atoms with Gasteiger partial charge >= 0.3 is 0 Å². The van der Waals surface area contributed by atoms with E-state index in [9.17, 15) is 8.42 Å². The van der Waals surface area contributed by atoms with Gasteiger partial charge in [-0.15, -0.1) is 37.2 Å². The van der Waals surface area contributed by atoms with Crippen LogP contribution in [-0.2, 0) is 21.9 Å². The fourth-order valence-electron chi connectivity index (χ4n) is 5.51. The van der Waals surface area contributed by atoms with Crippen molar-refractivity contribution in [2.45, 2.75) is 42.0 Å². The van der Waals surface area contributed by atoms with Gasteiger partial charge in [0.05, 0.1) is 11.9 Å². The van der Waals surface area contributed by atoms with Gasteiger partial charge < -0.3 is 10.1 Å². The van der Waals surface area contributed by atoms with Gasteiger partial charge in [-0.05, 0) is 85.0 Å². The Morgan fingerprint density at radius 2 is 1.76 bits per heavy atom. The lowest BCUT2D eigenvalue weighted by Gasteiger charge is -2.50. The van der Waals surface area contributed by atoms with Crippen molar-refractivity contribution in [2.24, 2.45) is 0 Å². The van der Waals surface area contributed by atoms with E-state index in [1.807, 2.05) is 18.2 Å². The van der Waals surface area contributed by atoms with Crippen LogP contribution in [0.15, 0.2) is 90.2 Å². The highest BCUT2D eigenvalue weighted by Gasteiger charge is 2.47. The van der Waals surface area contributed by atoms with Gasteiger partial charge in [-0.3, -0.25) is 9.71 Å². The third-order valence-corrected chi connectivity index (χ3v) is 9.16. The summed E-state index contributed by atoms with van der Waals surface area (Å²) in [6.45, 7) is 0.936. The molecule has 2 aromatic heterocycles. The molecular formula is C29H30Cl4N4O3S. The molecule has 0 bridgehead atoms. The Labute approximate surface area is 263 Å². The molecule has 0 radical (unpaired) electrons. The lowest BCUT2D eigenvalue weighted by atomic mass is 9.58. The summed E-state index contributed by atoms with van der Waals surface area (Å²) in [7, 11) is -3.75. The molecule has 1 atom stereocenters. The zero-order valence-corrected chi connectivity index (χ0v) is 25.8. The van der Waals surface area contributed by atoms with E-state index >= 15 is 0 Å². The molecule has 7 nitrogen and oxygen atoms in total. The first kappa shape index (κ1) is 32.9. The van der Waals surface area contributed by atoms with E-state index in [0.29, 0.717) is 17.3 Å². The summed E-state index contributed by atoms with van der Waals surface area (Å²) in [4.78, 5) is 8.28. The molecule has 6 rings (SSSR count). The zero-order valence-electron chi connectivity index (χ0n) is 21.8. The number of rotatable bonds is 7. The maximum absolute atomic E-state index is 12.6. The smallest absolute Gasteiger partial charge is 0.263 e. The van der Waals surface area contributed by atoms with Crippen molar-refractivity contribution in [1.82, 2.24) is 15.3 Å². The van der Waals surface area contributed by atoms with Crippen molar-refractivity contribution in [3.05, 3.63) is 107 Å². The van der Waals surface area contributed by atoms with Crippen LogP contribution in [0.1, 0.15) is 42.0 Å². The number of aromatic nitrogens is 2. The lowest BCUT2D eigenvalue weighted by molar-refractivity contribution is 0.164. The standard InChI is InChI=1S/C29H27ClN4O3S.3ClH/c30-22-7-5-21(6-8-22)29(13-2-14-29)28-26-17-24(10-4-20(26)12-16-32-28)37-27-11-9-23(18-33-27)34-38(35,36)25-3-1-15-31-19-25;;;/h1,3-11,15,17-19,28,32,34H,2,12-14,16H2;3*1H. The van der Waals surface area contributed by atoms with Gasteiger partial charge in [-0.1, -0.05) is 36.2 Å².